The van der Waals surface area contributed by atoms with Gasteiger partial charge in [-0.1, -0.05) is 27.7 Å². The lowest BCUT2D eigenvalue weighted by atomic mass is 9.94. The second-order valence-electron chi connectivity index (χ2n) is 7.18. The van der Waals surface area contributed by atoms with E-state index in [1.54, 1.807) is 0 Å². The van der Waals surface area contributed by atoms with Gasteiger partial charge in [0.15, 0.2) is 8.32 Å². The van der Waals surface area contributed by atoms with Crippen molar-refractivity contribution in [1.82, 2.24) is 5.32 Å². The Labute approximate surface area is 141 Å². The highest BCUT2D eigenvalue weighted by molar-refractivity contribution is 6.74. The van der Waals surface area contributed by atoms with Crippen LogP contribution in [0.25, 0.3) is 0 Å². The van der Waals surface area contributed by atoms with Crippen LogP contribution < -0.4 is 5.32 Å². The van der Waals surface area contributed by atoms with E-state index in [0.29, 0.717) is 19.4 Å². The molecule has 0 aromatic carbocycles. The highest BCUT2D eigenvalue weighted by Gasteiger charge is 2.37. The third kappa shape index (κ3) is 6.91. The Kier molecular flexibility index (Phi) is 8.83. The first kappa shape index (κ1) is 21.9. The first-order valence-electron chi connectivity index (χ1n) is 8.06. The summed E-state index contributed by atoms with van der Waals surface area (Å²) in [4.78, 5) is 23.5. The molecule has 0 unspecified atom stereocenters. The molecule has 0 saturated heterocycles. The summed E-state index contributed by atoms with van der Waals surface area (Å²) in [6, 6.07) is -0.371. The molecule has 0 aliphatic rings. The van der Waals surface area contributed by atoms with Crippen molar-refractivity contribution in [3.05, 3.63) is 0 Å². The summed E-state index contributed by atoms with van der Waals surface area (Å²) in [5.74, 6) is -0.747. The molecular formula is C16H33NO5Si. The van der Waals surface area contributed by atoms with Gasteiger partial charge >= 0.3 is 12.1 Å². The Balaban J connectivity index is 4.90. The summed E-state index contributed by atoms with van der Waals surface area (Å²) in [6.45, 7) is 13.2. The van der Waals surface area contributed by atoms with E-state index < -0.39 is 20.3 Å². The zero-order valence-corrected chi connectivity index (χ0v) is 16.8. The molecule has 0 fully saturated rings. The van der Waals surface area contributed by atoms with Crippen LogP contribution in [0.1, 0.15) is 40.5 Å². The standard InChI is InChI=1S/C16H33NO5Si/c1-9-12(14(18)20-5)13(17-15(19)21-6)10-11-22-23(7,8)16(2,3)4/h12-13H,9-11H2,1-8H3,(H,17,19)/t12-,13-/m0/s1. The Morgan fingerprint density at radius 2 is 1.70 bits per heavy atom. The third-order valence-corrected chi connectivity index (χ3v) is 9.15. The lowest BCUT2D eigenvalue weighted by Crippen LogP contribution is -2.46. The monoisotopic (exact) mass is 347 g/mol. The van der Waals surface area contributed by atoms with Crippen LogP contribution in [-0.4, -0.2) is 47.2 Å². The maximum atomic E-state index is 11.9. The highest BCUT2D eigenvalue weighted by atomic mass is 28.4. The van der Waals surface area contributed by atoms with Gasteiger partial charge in [0.25, 0.3) is 0 Å². The SMILES string of the molecule is CC[C@H](C(=O)OC)[C@H](CCO[Si](C)(C)C(C)(C)C)NC(=O)OC. The zero-order valence-electron chi connectivity index (χ0n) is 15.8. The molecule has 6 nitrogen and oxygen atoms in total. The maximum Gasteiger partial charge on any atom is 0.407 e. The van der Waals surface area contributed by atoms with Gasteiger partial charge in [0.05, 0.1) is 20.1 Å². The summed E-state index contributed by atoms with van der Waals surface area (Å²) >= 11 is 0. The van der Waals surface area contributed by atoms with Crippen molar-refractivity contribution in [3.63, 3.8) is 0 Å². The quantitative estimate of drug-likeness (QED) is 0.538. The number of alkyl carbamates (subject to hydrolysis) is 1. The average Bonchev–Trinajstić information content (AvgIpc) is 2.45. The fraction of sp³-hybridized carbons (Fsp3) is 0.875. The Morgan fingerprint density at radius 3 is 2.09 bits per heavy atom. The third-order valence-electron chi connectivity index (χ3n) is 4.62. The fourth-order valence-electron chi connectivity index (χ4n) is 2.01. The van der Waals surface area contributed by atoms with Crippen LogP contribution in [0.4, 0.5) is 4.79 Å². The van der Waals surface area contributed by atoms with E-state index in [0.717, 1.165) is 0 Å². The Morgan fingerprint density at radius 1 is 1.13 bits per heavy atom. The average molecular weight is 348 g/mol. The van der Waals surface area contributed by atoms with E-state index >= 15 is 0 Å². The van der Waals surface area contributed by atoms with Crippen LogP contribution in [0.3, 0.4) is 0 Å². The molecule has 0 aromatic heterocycles. The predicted octanol–water partition coefficient (Wildman–Crippen LogP) is 3.32. The molecule has 23 heavy (non-hydrogen) atoms. The summed E-state index contributed by atoms with van der Waals surface area (Å²) in [5, 5.41) is 2.85. The summed E-state index contributed by atoms with van der Waals surface area (Å²) in [5.41, 5.74) is 0. The minimum absolute atomic E-state index is 0.116. The normalized spacial score (nSPS) is 14.8. The van der Waals surface area contributed by atoms with Crippen LogP contribution in [0.15, 0.2) is 0 Å². The smallest absolute Gasteiger partial charge is 0.407 e. The van der Waals surface area contributed by atoms with E-state index in [4.69, 9.17) is 9.16 Å². The first-order chi connectivity index (χ1) is 10.5. The number of ether oxygens (including phenoxy) is 2. The second kappa shape index (κ2) is 9.27. The largest absolute Gasteiger partial charge is 0.469 e. The number of hydrogen-bond donors (Lipinski definition) is 1. The molecule has 0 aliphatic carbocycles. The molecule has 0 radical (unpaired) electrons. The number of amides is 1. The van der Waals surface area contributed by atoms with Gasteiger partial charge in [-0.25, -0.2) is 4.79 Å². The lowest BCUT2D eigenvalue weighted by Gasteiger charge is -2.36. The van der Waals surface area contributed by atoms with Crippen molar-refractivity contribution in [1.29, 1.82) is 0 Å². The molecule has 0 rings (SSSR count). The number of esters is 1. The van der Waals surface area contributed by atoms with Gasteiger partial charge in [-0.05, 0) is 31.0 Å². The van der Waals surface area contributed by atoms with E-state index in [9.17, 15) is 9.59 Å². The molecule has 1 N–H and O–H groups in total. The molecule has 0 heterocycles. The number of rotatable bonds is 8. The minimum atomic E-state index is -1.86. The molecule has 0 bridgehead atoms. The van der Waals surface area contributed by atoms with E-state index in [1.165, 1.54) is 14.2 Å². The highest BCUT2D eigenvalue weighted by Crippen LogP contribution is 2.36. The molecule has 7 heteroatoms. The van der Waals surface area contributed by atoms with Gasteiger partial charge in [-0.3, -0.25) is 4.79 Å². The van der Waals surface area contributed by atoms with Crippen LogP contribution in [0.5, 0.6) is 0 Å². The molecule has 2 atom stereocenters. The number of nitrogens with one attached hydrogen (secondary N) is 1. The first-order valence-corrected chi connectivity index (χ1v) is 11.0. The molecule has 0 spiro atoms. The number of methoxy groups -OCH3 is 2. The summed E-state index contributed by atoms with van der Waals surface area (Å²) < 4.78 is 15.6. The molecule has 1 amide bonds. The van der Waals surface area contributed by atoms with Crippen molar-refractivity contribution in [2.75, 3.05) is 20.8 Å². The van der Waals surface area contributed by atoms with Crippen molar-refractivity contribution in [2.24, 2.45) is 5.92 Å². The van der Waals surface area contributed by atoms with Crippen molar-refractivity contribution in [3.8, 4) is 0 Å². The van der Waals surface area contributed by atoms with Crippen molar-refractivity contribution in [2.45, 2.75) is 64.7 Å². The Bertz CT molecular complexity index is 392. The molecule has 136 valence electrons. The Hall–Kier alpha value is -1.08. The zero-order chi connectivity index (χ0) is 18.3. The number of hydrogen-bond acceptors (Lipinski definition) is 5. The van der Waals surface area contributed by atoms with Crippen molar-refractivity contribution >= 4 is 20.4 Å². The van der Waals surface area contributed by atoms with Gasteiger partial charge in [-0.15, -0.1) is 0 Å². The van der Waals surface area contributed by atoms with Crippen molar-refractivity contribution < 1.29 is 23.5 Å². The van der Waals surface area contributed by atoms with E-state index in [1.807, 2.05) is 6.92 Å². The van der Waals surface area contributed by atoms with Crippen LogP contribution in [-0.2, 0) is 18.7 Å². The molecular weight excluding hydrogens is 314 g/mol. The summed E-state index contributed by atoms with van der Waals surface area (Å²) in [6.07, 6.45) is 0.557. The van der Waals surface area contributed by atoms with Crippen LogP contribution >= 0.6 is 0 Å². The van der Waals surface area contributed by atoms with Gasteiger partial charge in [-0.2, -0.15) is 0 Å². The van der Waals surface area contributed by atoms with E-state index in [2.05, 4.69) is 43.9 Å². The maximum absolute atomic E-state index is 11.9. The topological polar surface area (TPSA) is 73.9 Å². The lowest BCUT2D eigenvalue weighted by molar-refractivity contribution is -0.146. The van der Waals surface area contributed by atoms with E-state index in [-0.39, 0.29) is 17.0 Å². The van der Waals surface area contributed by atoms with Gasteiger partial charge < -0.3 is 19.2 Å². The minimum Gasteiger partial charge on any atom is -0.469 e. The second-order valence-corrected chi connectivity index (χ2v) is 12.0. The molecule has 0 aromatic rings. The van der Waals surface area contributed by atoms with Gasteiger partial charge in [0, 0.05) is 12.6 Å². The molecule has 0 aliphatic heterocycles. The predicted molar refractivity (Wildman–Crippen MR) is 92.9 cm³/mol. The summed E-state index contributed by atoms with van der Waals surface area (Å²) in [7, 11) is 0.796. The number of carbonyl (C=O) groups excluding carboxylic acids is 2. The van der Waals surface area contributed by atoms with Crippen LogP contribution in [0.2, 0.25) is 18.1 Å². The van der Waals surface area contributed by atoms with Gasteiger partial charge in [0.2, 0.25) is 0 Å². The van der Waals surface area contributed by atoms with Gasteiger partial charge in [0.1, 0.15) is 0 Å². The fourth-order valence-corrected chi connectivity index (χ4v) is 3.07. The van der Waals surface area contributed by atoms with Crippen LogP contribution in [0, 0.1) is 5.92 Å². The number of carbonyl (C=O) groups is 2. The molecule has 0 saturated carbocycles.